The summed E-state index contributed by atoms with van der Waals surface area (Å²) in [6.45, 7) is 7.31. The van der Waals surface area contributed by atoms with Crippen molar-refractivity contribution in [3.05, 3.63) is 23.3 Å². The number of likely N-dealkylation sites (tertiary alicyclic amines) is 1. The Labute approximate surface area is 110 Å². The molecule has 0 amide bonds. The Kier molecular flexibility index (Phi) is 4.12. The van der Waals surface area contributed by atoms with E-state index < -0.39 is 0 Å². The highest BCUT2D eigenvalue weighted by atomic mass is 16.3. The summed E-state index contributed by atoms with van der Waals surface area (Å²) in [5, 5.41) is 13.4. The number of hydrogen-bond donors (Lipinski definition) is 2. The maximum Gasteiger partial charge on any atom is 0.123 e. The highest BCUT2D eigenvalue weighted by Crippen LogP contribution is 2.28. The van der Waals surface area contributed by atoms with Crippen molar-refractivity contribution in [3.63, 3.8) is 0 Å². The van der Waals surface area contributed by atoms with Gasteiger partial charge in [0.25, 0.3) is 0 Å². The molecule has 1 saturated heterocycles. The van der Waals surface area contributed by atoms with Gasteiger partial charge in [-0.15, -0.1) is 0 Å². The Hall–Kier alpha value is -1.22. The molecular formula is C15H24N2O. The maximum absolute atomic E-state index is 9.91. The van der Waals surface area contributed by atoms with E-state index in [0.717, 1.165) is 29.3 Å². The van der Waals surface area contributed by atoms with Crippen LogP contribution in [-0.4, -0.2) is 36.7 Å². The highest BCUT2D eigenvalue weighted by molar-refractivity contribution is 5.59. The lowest BCUT2D eigenvalue weighted by atomic mass is 9.97. The lowest BCUT2D eigenvalue weighted by Gasteiger charge is -2.29. The Bertz CT molecular complexity index is 409. The van der Waals surface area contributed by atoms with Crippen molar-refractivity contribution < 1.29 is 5.11 Å². The number of benzene rings is 1. The summed E-state index contributed by atoms with van der Waals surface area (Å²) in [7, 11) is 2.19. The number of hydrogen-bond acceptors (Lipinski definition) is 3. The van der Waals surface area contributed by atoms with Gasteiger partial charge in [0.15, 0.2) is 0 Å². The van der Waals surface area contributed by atoms with Crippen LogP contribution in [0.4, 0.5) is 5.69 Å². The third-order valence-corrected chi connectivity index (χ3v) is 4.05. The molecular weight excluding hydrogens is 224 g/mol. The van der Waals surface area contributed by atoms with Crippen LogP contribution in [0.25, 0.3) is 0 Å². The molecule has 1 aliphatic rings. The molecule has 0 spiro atoms. The van der Waals surface area contributed by atoms with Gasteiger partial charge in [0.2, 0.25) is 0 Å². The van der Waals surface area contributed by atoms with E-state index in [0.29, 0.717) is 5.75 Å². The molecule has 0 unspecified atom stereocenters. The molecule has 1 aromatic rings. The van der Waals surface area contributed by atoms with Crippen LogP contribution >= 0.6 is 0 Å². The van der Waals surface area contributed by atoms with Crippen LogP contribution in [0.15, 0.2) is 12.1 Å². The van der Waals surface area contributed by atoms with Gasteiger partial charge in [-0.25, -0.2) is 0 Å². The van der Waals surface area contributed by atoms with Gasteiger partial charge >= 0.3 is 0 Å². The minimum Gasteiger partial charge on any atom is -0.507 e. The quantitative estimate of drug-likeness (QED) is 0.863. The molecule has 1 aliphatic heterocycles. The van der Waals surface area contributed by atoms with Crippen LogP contribution in [0.2, 0.25) is 0 Å². The van der Waals surface area contributed by atoms with E-state index in [1.165, 1.54) is 25.9 Å². The number of aryl methyl sites for hydroxylation is 1. The van der Waals surface area contributed by atoms with Crippen molar-refractivity contribution in [2.45, 2.75) is 26.7 Å². The highest BCUT2D eigenvalue weighted by Gasteiger charge is 2.16. The fourth-order valence-electron chi connectivity index (χ4n) is 2.55. The normalized spacial score (nSPS) is 17.9. The topological polar surface area (TPSA) is 35.5 Å². The number of nitrogens with one attached hydrogen (secondary N) is 1. The van der Waals surface area contributed by atoms with Gasteiger partial charge in [0.05, 0.1) is 0 Å². The molecule has 0 bridgehead atoms. The summed E-state index contributed by atoms with van der Waals surface area (Å²) in [5.41, 5.74) is 2.97. The molecule has 2 rings (SSSR count). The molecule has 2 N–H and O–H groups in total. The van der Waals surface area contributed by atoms with E-state index >= 15 is 0 Å². The second-order valence-electron chi connectivity index (χ2n) is 5.53. The van der Waals surface area contributed by atoms with E-state index in [1.54, 1.807) is 0 Å². The van der Waals surface area contributed by atoms with Crippen LogP contribution in [0, 0.1) is 19.8 Å². The fourth-order valence-corrected chi connectivity index (χ4v) is 2.55. The Balaban J connectivity index is 1.92. The second-order valence-corrected chi connectivity index (χ2v) is 5.53. The number of nitrogens with zero attached hydrogens (tertiary/aromatic N) is 1. The molecule has 1 fully saturated rings. The average molecular weight is 248 g/mol. The van der Waals surface area contributed by atoms with Crippen LogP contribution in [0.5, 0.6) is 5.75 Å². The van der Waals surface area contributed by atoms with Gasteiger partial charge < -0.3 is 15.3 Å². The second kappa shape index (κ2) is 5.61. The van der Waals surface area contributed by atoms with E-state index in [1.807, 2.05) is 19.9 Å². The van der Waals surface area contributed by atoms with E-state index in [4.69, 9.17) is 0 Å². The Morgan fingerprint density at radius 3 is 2.61 bits per heavy atom. The minimum absolute atomic E-state index is 0.420. The van der Waals surface area contributed by atoms with Gasteiger partial charge in [0, 0.05) is 17.8 Å². The van der Waals surface area contributed by atoms with Gasteiger partial charge in [-0.05, 0) is 64.4 Å². The lowest BCUT2D eigenvalue weighted by molar-refractivity contribution is 0.226. The number of aromatic hydroxyl groups is 1. The Morgan fingerprint density at radius 1 is 1.28 bits per heavy atom. The van der Waals surface area contributed by atoms with E-state index in [2.05, 4.69) is 23.3 Å². The summed E-state index contributed by atoms with van der Waals surface area (Å²) in [6.07, 6.45) is 2.53. The zero-order valence-corrected chi connectivity index (χ0v) is 11.7. The smallest absolute Gasteiger partial charge is 0.123 e. The van der Waals surface area contributed by atoms with E-state index in [9.17, 15) is 5.11 Å². The third-order valence-electron chi connectivity index (χ3n) is 4.05. The summed E-state index contributed by atoms with van der Waals surface area (Å²) in [5.74, 6) is 1.17. The fraction of sp³-hybridized carbons (Fsp3) is 0.600. The standard InChI is InChI=1S/C15H24N2O/c1-11-4-5-14(12(2)15(11)18)16-10-13-6-8-17(3)9-7-13/h4-5,13,16,18H,6-10H2,1-3H3. The first-order valence-electron chi connectivity index (χ1n) is 6.79. The molecule has 18 heavy (non-hydrogen) atoms. The lowest BCUT2D eigenvalue weighted by Crippen LogP contribution is -2.33. The third kappa shape index (κ3) is 2.96. The van der Waals surface area contributed by atoms with Crippen molar-refractivity contribution in [1.82, 2.24) is 4.90 Å². The zero-order chi connectivity index (χ0) is 13.1. The van der Waals surface area contributed by atoms with Crippen molar-refractivity contribution in [1.29, 1.82) is 0 Å². The first-order chi connectivity index (χ1) is 8.58. The van der Waals surface area contributed by atoms with Crippen LogP contribution in [-0.2, 0) is 0 Å². The average Bonchev–Trinajstić information content (AvgIpc) is 2.37. The van der Waals surface area contributed by atoms with Crippen molar-refractivity contribution in [2.75, 3.05) is 32.0 Å². The monoisotopic (exact) mass is 248 g/mol. The molecule has 0 aliphatic carbocycles. The summed E-state index contributed by atoms with van der Waals surface area (Å²) in [6, 6.07) is 4.04. The number of phenols is 1. The van der Waals surface area contributed by atoms with Gasteiger partial charge in [-0.2, -0.15) is 0 Å². The molecule has 1 aromatic carbocycles. The van der Waals surface area contributed by atoms with Gasteiger partial charge in [0.1, 0.15) is 5.75 Å². The molecule has 1 heterocycles. The number of anilines is 1. The van der Waals surface area contributed by atoms with Gasteiger partial charge in [-0.1, -0.05) is 6.07 Å². The van der Waals surface area contributed by atoms with Crippen LogP contribution in [0.3, 0.4) is 0 Å². The molecule has 0 radical (unpaired) electrons. The molecule has 0 atom stereocenters. The molecule has 0 aromatic heterocycles. The SMILES string of the molecule is Cc1ccc(NCC2CCN(C)CC2)c(C)c1O. The first-order valence-corrected chi connectivity index (χ1v) is 6.79. The molecule has 100 valence electrons. The zero-order valence-electron chi connectivity index (χ0n) is 11.7. The van der Waals surface area contributed by atoms with Crippen molar-refractivity contribution in [2.24, 2.45) is 5.92 Å². The molecule has 3 heteroatoms. The van der Waals surface area contributed by atoms with Crippen LogP contribution < -0.4 is 5.32 Å². The number of rotatable bonds is 3. The summed E-state index contributed by atoms with van der Waals surface area (Å²) in [4.78, 5) is 2.39. The van der Waals surface area contributed by atoms with Crippen molar-refractivity contribution >= 4 is 5.69 Å². The predicted octanol–water partition coefficient (Wildman–Crippen LogP) is 2.76. The van der Waals surface area contributed by atoms with Crippen molar-refractivity contribution in [3.8, 4) is 5.75 Å². The molecule has 0 saturated carbocycles. The van der Waals surface area contributed by atoms with Crippen LogP contribution in [0.1, 0.15) is 24.0 Å². The number of piperidine rings is 1. The predicted molar refractivity (Wildman–Crippen MR) is 76.3 cm³/mol. The summed E-state index contributed by atoms with van der Waals surface area (Å²) >= 11 is 0. The molecule has 3 nitrogen and oxygen atoms in total. The maximum atomic E-state index is 9.91. The largest absolute Gasteiger partial charge is 0.507 e. The number of phenolic OH excluding ortho intramolecular Hbond substituents is 1. The van der Waals surface area contributed by atoms with Gasteiger partial charge in [-0.3, -0.25) is 0 Å². The first kappa shape index (κ1) is 13.2. The van der Waals surface area contributed by atoms with E-state index in [-0.39, 0.29) is 0 Å². The summed E-state index contributed by atoms with van der Waals surface area (Å²) < 4.78 is 0. The minimum atomic E-state index is 0.420. The Morgan fingerprint density at radius 2 is 1.94 bits per heavy atom.